The molecule has 0 heterocycles. The molecule has 2 nitrogen and oxygen atoms in total. The number of benzene rings is 1. The van der Waals surface area contributed by atoms with Crippen molar-refractivity contribution < 1.29 is 5.11 Å². The van der Waals surface area contributed by atoms with Crippen molar-refractivity contribution in [2.75, 3.05) is 6.61 Å². The highest BCUT2D eigenvalue weighted by molar-refractivity contribution is 5.33. The molecule has 1 rings (SSSR count). The van der Waals surface area contributed by atoms with Gasteiger partial charge in [-0.1, -0.05) is 25.1 Å². The Morgan fingerprint density at radius 1 is 1.29 bits per heavy atom. The summed E-state index contributed by atoms with van der Waals surface area (Å²) < 4.78 is 0. The zero-order chi connectivity index (χ0) is 12.9. The minimum absolute atomic E-state index is 0.0327. The van der Waals surface area contributed by atoms with E-state index in [4.69, 9.17) is 5.11 Å². The summed E-state index contributed by atoms with van der Waals surface area (Å²) in [6.45, 7) is 9.76. The first-order valence-corrected chi connectivity index (χ1v) is 6.43. The van der Waals surface area contributed by atoms with Crippen LogP contribution < -0.4 is 5.32 Å². The lowest BCUT2D eigenvalue weighted by Gasteiger charge is -2.29. The smallest absolute Gasteiger partial charge is 0.0448 e. The van der Waals surface area contributed by atoms with Crippen molar-refractivity contribution in [3.05, 3.63) is 34.9 Å². The molecule has 0 aliphatic heterocycles. The van der Waals surface area contributed by atoms with E-state index in [0.29, 0.717) is 0 Å². The van der Waals surface area contributed by atoms with Crippen LogP contribution in [0.3, 0.4) is 0 Å². The highest BCUT2D eigenvalue weighted by Crippen LogP contribution is 2.17. The van der Waals surface area contributed by atoms with E-state index in [1.807, 2.05) is 0 Å². The lowest BCUT2D eigenvalue weighted by molar-refractivity contribution is 0.214. The summed E-state index contributed by atoms with van der Waals surface area (Å²) in [7, 11) is 0. The highest BCUT2D eigenvalue weighted by Gasteiger charge is 2.20. The molecule has 0 aliphatic rings. The van der Waals surface area contributed by atoms with Gasteiger partial charge in [0.25, 0.3) is 0 Å². The van der Waals surface area contributed by atoms with Crippen LogP contribution in [0.25, 0.3) is 0 Å². The molecule has 0 aromatic heterocycles. The van der Waals surface area contributed by atoms with Crippen LogP contribution in [0.2, 0.25) is 0 Å². The maximum absolute atomic E-state index is 9.09. The molecule has 0 saturated carbocycles. The fraction of sp³-hybridized carbons (Fsp3) is 0.600. The molecule has 1 atom stereocenters. The van der Waals surface area contributed by atoms with Crippen LogP contribution in [0.5, 0.6) is 0 Å². The zero-order valence-electron chi connectivity index (χ0n) is 11.5. The van der Waals surface area contributed by atoms with E-state index in [-0.39, 0.29) is 12.1 Å². The van der Waals surface area contributed by atoms with E-state index in [9.17, 15) is 0 Å². The van der Waals surface area contributed by atoms with E-state index < -0.39 is 0 Å². The Hall–Kier alpha value is -0.860. The lowest BCUT2D eigenvalue weighted by Crippen LogP contribution is -2.42. The molecule has 2 heteroatoms. The quantitative estimate of drug-likeness (QED) is 0.794. The van der Waals surface area contributed by atoms with Crippen LogP contribution in [0, 0.1) is 13.8 Å². The van der Waals surface area contributed by atoms with Crippen LogP contribution >= 0.6 is 0 Å². The third-order valence-electron chi connectivity index (χ3n) is 3.87. The molecule has 0 bridgehead atoms. The standard InChI is InChI=1S/C15H25NO/c1-5-15(4,9-10-17)16-11-14-8-6-7-12(2)13(14)3/h6-8,16-17H,5,9-11H2,1-4H3. The van der Waals surface area contributed by atoms with Crippen LogP contribution in [0.1, 0.15) is 43.4 Å². The summed E-state index contributed by atoms with van der Waals surface area (Å²) >= 11 is 0. The number of hydrogen-bond donors (Lipinski definition) is 2. The summed E-state index contributed by atoms with van der Waals surface area (Å²) in [5, 5.41) is 12.7. The number of aryl methyl sites for hydroxylation is 1. The minimum Gasteiger partial charge on any atom is -0.396 e. The average molecular weight is 235 g/mol. The van der Waals surface area contributed by atoms with Gasteiger partial charge in [0.15, 0.2) is 0 Å². The summed E-state index contributed by atoms with van der Waals surface area (Å²) in [6, 6.07) is 6.42. The molecular weight excluding hydrogens is 210 g/mol. The zero-order valence-corrected chi connectivity index (χ0v) is 11.5. The summed E-state index contributed by atoms with van der Waals surface area (Å²) in [4.78, 5) is 0. The fourth-order valence-electron chi connectivity index (χ4n) is 1.95. The number of hydrogen-bond acceptors (Lipinski definition) is 2. The first-order chi connectivity index (χ1) is 8.02. The average Bonchev–Trinajstić information content (AvgIpc) is 2.31. The number of rotatable bonds is 6. The minimum atomic E-state index is 0.0327. The summed E-state index contributed by atoms with van der Waals surface area (Å²) in [5.74, 6) is 0. The second-order valence-electron chi connectivity index (χ2n) is 5.10. The second kappa shape index (κ2) is 6.18. The Bertz CT molecular complexity index is 362. The van der Waals surface area contributed by atoms with Gasteiger partial charge in [-0.25, -0.2) is 0 Å². The molecule has 0 amide bonds. The monoisotopic (exact) mass is 235 g/mol. The molecule has 0 radical (unpaired) electrons. The number of aliphatic hydroxyl groups excluding tert-OH is 1. The van der Waals surface area contributed by atoms with Gasteiger partial charge in [-0.3, -0.25) is 0 Å². The van der Waals surface area contributed by atoms with Gasteiger partial charge in [-0.05, 0) is 50.3 Å². The van der Waals surface area contributed by atoms with Gasteiger partial charge in [0.05, 0.1) is 0 Å². The van der Waals surface area contributed by atoms with Gasteiger partial charge in [0.2, 0.25) is 0 Å². The van der Waals surface area contributed by atoms with Crippen LogP contribution in [0.15, 0.2) is 18.2 Å². The van der Waals surface area contributed by atoms with Crippen molar-refractivity contribution >= 4 is 0 Å². The van der Waals surface area contributed by atoms with Gasteiger partial charge in [-0.15, -0.1) is 0 Å². The van der Waals surface area contributed by atoms with E-state index in [2.05, 4.69) is 51.2 Å². The Balaban J connectivity index is 2.69. The van der Waals surface area contributed by atoms with Crippen LogP contribution in [-0.4, -0.2) is 17.3 Å². The van der Waals surface area contributed by atoms with Crippen molar-refractivity contribution in [2.45, 2.75) is 52.6 Å². The van der Waals surface area contributed by atoms with Crippen molar-refractivity contribution in [3.63, 3.8) is 0 Å². The fourth-order valence-corrected chi connectivity index (χ4v) is 1.95. The third-order valence-corrected chi connectivity index (χ3v) is 3.87. The van der Waals surface area contributed by atoms with Crippen molar-refractivity contribution in [1.82, 2.24) is 5.32 Å². The number of nitrogens with one attached hydrogen (secondary N) is 1. The number of aliphatic hydroxyl groups is 1. The maximum Gasteiger partial charge on any atom is 0.0448 e. The molecule has 1 unspecified atom stereocenters. The van der Waals surface area contributed by atoms with Gasteiger partial charge in [-0.2, -0.15) is 0 Å². The van der Waals surface area contributed by atoms with Gasteiger partial charge >= 0.3 is 0 Å². The second-order valence-corrected chi connectivity index (χ2v) is 5.10. The summed E-state index contributed by atoms with van der Waals surface area (Å²) in [5.41, 5.74) is 4.08. The molecule has 1 aromatic carbocycles. The van der Waals surface area contributed by atoms with E-state index >= 15 is 0 Å². The molecule has 2 N–H and O–H groups in total. The van der Waals surface area contributed by atoms with Crippen molar-refractivity contribution in [2.24, 2.45) is 0 Å². The molecule has 0 aliphatic carbocycles. The van der Waals surface area contributed by atoms with E-state index in [1.165, 1.54) is 16.7 Å². The topological polar surface area (TPSA) is 32.3 Å². The molecule has 0 saturated heterocycles. The van der Waals surface area contributed by atoms with E-state index in [1.54, 1.807) is 0 Å². The molecule has 0 spiro atoms. The Kier molecular flexibility index (Phi) is 5.16. The van der Waals surface area contributed by atoms with E-state index in [0.717, 1.165) is 19.4 Å². The summed E-state index contributed by atoms with van der Waals surface area (Å²) in [6.07, 6.45) is 1.83. The highest BCUT2D eigenvalue weighted by atomic mass is 16.3. The molecule has 96 valence electrons. The van der Waals surface area contributed by atoms with Crippen molar-refractivity contribution in [1.29, 1.82) is 0 Å². The Morgan fingerprint density at radius 2 is 2.00 bits per heavy atom. The molecular formula is C15H25NO. The van der Waals surface area contributed by atoms with Gasteiger partial charge < -0.3 is 10.4 Å². The Labute approximate surface area is 105 Å². The SMILES string of the molecule is CCC(C)(CCO)NCc1cccc(C)c1C. The maximum atomic E-state index is 9.09. The predicted octanol–water partition coefficient (Wildman–Crippen LogP) is 2.94. The van der Waals surface area contributed by atoms with Gasteiger partial charge in [0, 0.05) is 18.7 Å². The molecule has 0 fully saturated rings. The third kappa shape index (κ3) is 3.83. The molecule has 17 heavy (non-hydrogen) atoms. The van der Waals surface area contributed by atoms with Crippen LogP contribution in [0.4, 0.5) is 0 Å². The first-order valence-electron chi connectivity index (χ1n) is 6.43. The first kappa shape index (κ1) is 14.2. The lowest BCUT2D eigenvalue weighted by atomic mass is 9.94. The van der Waals surface area contributed by atoms with Crippen LogP contribution in [-0.2, 0) is 6.54 Å². The Morgan fingerprint density at radius 3 is 2.59 bits per heavy atom. The normalized spacial score (nSPS) is 14.6. The van der Waals surface area contributed by atoms with Crippen molar-refractivity contribution in [3.8, 4) is 0 Å². The predicted molar refractivity (Wildman–Crippen MR) is 73.2 cm³/mol. The van der Waals surface area contributed by atoms with Gasteiger partial charge in [0.1, 0.15) is 0 Å². The largest absolute Gasteiger partial charge is 0.396 e. The molecule has 1 aromatic rings.